The molecule has 18 heavy (non-hydrogen) atoms. The van der Waals surface area contributed by atoms with Crippen molar-refractivity contribution in [1.82, 2.24) is 10.2 Å². The van der Waals surface area contributed by atoms with Crippen LogP contribution in [0.4, 0.5) is 5.82 Å². The van der Waals surface area contributed by atoms with Crippen LogP contribution in [0.2, 0.25) is 0 Å². The van der Waals surface area contributed by atoms with Gasteiger partial charge in [0.05, 0.1) is 17.3 Å². The number of thiophene rings is 1. The molecule has 2 aromatic rings. The Balaban J connectivity index is 2.19. The predicted octanol–water partition coefficient (Wildman–Crippen LogP) is 3.06. The summed E-state index contributed by atoms with van der Waals surface area (Å²) in [7, 11) is 1.54. The number of anilines is 1. The minimum atomic E-state index is -0.225. The molecule has 0 saturated carbocycles. The van der Waals surface area contributed by atoms with E-state index in [1.54, 1.807) is 13.2 Å². The Hall–Kier alpha value is -1.34. The van der Waals surface area contributed by atoms with Crippen molar-refractivity contribution in [3.8, 4) is 5.75 Å². The lowest BCUT2D eigenvalue weighted by atomic mass is 10.3. The Kier molecular flexibility index (Phi) is 4.03. The van der Waals surface area contributed by atoms with E-state index in [1.165, 1.54) is 11.3 Å². The highest BCUT2D eigenvalue weighted by atomic mass is 79.9. The molecule has 0 bridgehead atoms. The topological polar surface area (TPSA) is 67.0 Å². The highest BCUT2D eigenvalue weighted by molar-refractivity contribution is 9.10. The molecule has 0 atom stereocenters. The number of rotatable bonds is 4. The Bertz CT molecular complexity index is 564. The average Bonchev–Trinajstić information content (AvgIpc) is 2.97. The van der Waals surface area contributed by atoms with E-state index in [0.717, 1.165) is 16.6 Å². The summed E-state index contributed by atoms with van der Waals surface area (Å²) in [4.78, 5) is 12.6. The van der Waals surface area contributed by atoms with Crippen LogP contribution in [0.3, 0.4) is 0 Å². The summed E-state index contributed by atoms with van der Waals surface area (Å²) in [5.41, 5.74) is 0.948. The number of ether oxygens (including phenoxy) is 1. The Morgan fingerprint density at radius 2 is 2.44 bits per heavy atom. The molecule has 2 aromatic heterocycles. The number of hydrogen-bond acceptors (Lipinski definition) is 4. The molecule has 2 N–H and O–H groups in total. The van der Waals surface area contributed by atoms with Gasteiger partial charge in [0.15, 0.2) is 5.82 Å². The third-order valence-corrected chi connectivity index (χ3v) is 4.16. The molecule has 2 heterocycles. The molecule has 7 heteroatoms. The zero-order valence-corrected chi connectivity index (χ0v) is 12.3. The molecule has 2 rings (SSSR count). The van der Waals surface area contributed by atoms with E-state index in [4.69, 9.17) is 4.74 Å². The van der Waals surface area contributed by atoms with Crippen LogP contribution in [0.5, 0.6) is 5.75 Å². The lowest BCUT2D eigenvalue weighted by Gasteiger charge is -2.03. The quantitative estimate of drug-likeness (QED) is 0.905. The maximum Gasteiger partial charge on any atom is 0.270 e. The number of amides is 1. The SMILES string of the molecule is CCc1[nH]nc(NC(=O)c2sccc2OC)c1Br. The number of methoxy groups -OCH3 is 1. The minimum Gasteiger partial charge on any atom is -0.495 e. The summed E-state index contributed by atoms with van der Waals surface area (Å²) in [6, 6.07) is 1.76. The Labute approximate surface area is 117 Å². The van der Waals surface area contributed by atoms with Gasteiger partial charge in [-0.3, -0.25) is 9.89 Å². The van der Waals surface area contributed by atoms with E-state index in [0.29, 0.717) is 16.4 Å². The first-order valence-electron chi connectivity index (χ1n) is 5.33. The molecular weight excluding hydrogens is 318 g/mol. The van der Waals surface area contributed by atoms with Gasteiger partial charge in [-0.15, -0.1) is 11.3 Å². The molecule has 5 nitrogen and oxygen atoms in total. The number of nitrogens with one attached hydrogen (secondary N) is 2. The van der Waals surface area contributed by atoms with Crippen molar-refractivity contribution in [3.63, 3.8) is 0 Å². The van der Waals surface area contributed by atoms with Crippen LogP contribution in [0.25, 0.3) is 0 Å². The van der Waals surface area contributed by atoms with Gasteiger partial charge in [0.2, 0.25) is 0 Å². The lowest BCUT2D eigenvalue weighted by molar-refractivity contribution is 0.102. The van der Waals surface area contributed by atoms with Crippen molar-refractivity contribution < 1.29 is 9.53 Å². The first kappa shape index (κ1) is 13.1. The van der Waals surface area contributed by atoms with E-state index >= 15 is 0 Å². The summed E-state index contributed by atoms with van der Waals surface area (Å²) in [5, 5.41) is 11.5. The second-order valence-corrected chi connectivity index (χ2v) is 5.20. The summed E-state index contributed by atoms with van der Waals surface area (Å²) < 4.78 is 5.90. The van der Waals surface area contributed by atoms with Gasteiger partial charge >= 0.3 is 0 Å². The van der Waals surface area contributed by atoms with Gasteiger partial charge in [0.25, 0.3) is 5.91 Å². The first-order valence-corrected chi connectivity index (χ1v) is 7.00. The number of H-pyrrole nitrogens is 1. The Morgan fingerprint density at radius 1 is 1.67 bits per heavy atom. The largest absolute Gasteiger partial charge is 0.495 e. The Morgan fingerprint density at radius 3 is 3.06 bits per heavy atom. The normalized spacial score (nSPS) is 10.4. The summed E-state index contributed by atoms with van der Waals surface area (Å²) >= 11 is 4.73. The third-order valence-electron chi connectivity index (χ3n) is 2.42. The predicted molar refractivity (Wildman–Crippen MR) is 74.5 cm³/mol. The fraction of sp³-hybridized carbons (Fsp3) is 0.273. The number of carbonyl (C=O) groups is 1. The monoisotopic (exact) mass is 329 g/mol. The van der Waals surface area contributed by atoms with E-state index in [1.807, 2.05) is 12.3 Å². The van der Waals surface area contributed by atoms with Crippen molar-refractivity contribution in [2.24, 2.45) is 0 Å². The molecule has 0 spiro atoms. The van der Waals surface area contributed by atoms with Crippen LogP contribution in [0, 0.1) is 0 Å². The summed E-state index contributed by atoms with van der Waals surface area (Å²) in [6.45, 7) is 2.01. The smallest absolute Gasteiger partial charge is 0.270 e. The van der Waals surface area contributed by atoms with E-state index in [-0.39, 0.29) is 5.91 Å². The molecule has 0 aliphatic carbocycles. The molecule has 0 radical (unpaired) electrons. The first-order chi connectivity index (χ1) is 8.67. The standard InChI is InChI=1S/C11H12BrN3O2S/c1-3-6-8(12)10(15-14-6)13-11(16)9-7(17-2)4-5-18-9/h4-5H,3H2,1-2H3,(H2,13,14,15,16). The fourth-order valence-corrected chi connectivity index (χ4v) is 2.78. The van der Waals surface area contributed by atoms with Crippen LogP contribution >= 0.6 is 27.3 Å². The third kappa shape index (κ3) is 2.41. The summed E-state index contributed by atoms with van der Waals surface area (Å²) in [5.74, 6) is 0.837. The van der Waals surface area contributed by atoms with Crippen molar-refractivity contribution in [2.75, 3.05) is 12.4 Å². The molecule has 0 aliphatic heterocycles. The van der Waals surface area contributed by atoms with Gasteiger partial charge in [-0.2, -0.15) is 5.10 Å². The average molecular weight is 330 g/mol. The second-order valence-electron chi connectivity index (χ2n) is 3.49. The molecule has 0 fully saturated rings. The van der Waals surface area contributed by atoms with Crippen molar-refractivity contribution in [1.29, 1.82) is 0 Å². The second kappa shape index (κ2) is 5.53. The van der Waals surface area contributed by atoms with E-state index in [9.17, 15) is 4.79 Å². The van der Waals surface area contributed by atoms with Gasteiger partial charge in [-0.05, 0) is 33.8 Å². The zero-order chi connectivity index (χ0) is 13.1. The number of aromatic amines is 1. The highest BCUT2D eigenvalue weighted by Crippen LogP contribution is 2.28. The molecule has 1 amide bonds. The minimum absolute atomic E-state index is 0.225. The van der Waals surface area contributed by atoms with Crippen LogP contribution < -0.4 is 10.1 Å². The van der Waals surface area contributed by atoms with Gasteiger partial charge in [-0.25, -0.2) is 0 Å². The number of hydrogen-bond donors (Lipinski definition) is 2. The highest BCUT2D eigenvalue weighted by Gasteiger charge is 2.17. The van der Waals surface area contributed by atoms with Gasteiger partial charge < -0.3 is 10.1 Å². The summed E-state index contributed by atoms with van der Waals surface area (Å²) in [6.07, 6.45) is 0.811. The van der Waals surface area contributed by atoms with Gasteiger partial charge in [0.1, 0.15) is 10.6 Å². The number of aryl methyl sites for hydroxylation is 1. The van der Waals surface area contributed by atoms with Crippen LogP contribution in [-0.4, -0.2) is 23.2 Å². The van der Waals surface area contributed by atoms with E-state index < -0.39 is 0 Å². The van der Waals surface area contributed by atoms with Crippen molar-refractivity contribution in [2.45, 2.75) is 13.3 Å². The van der Waals surface area contributed by atoms with Gasteiger partial charge in [-0.1, -0.05) is 6.92 Å². The number of nitrogens with zero attached hydrogens (tertiary/aromatic N) is 1. The number of aromatic nitrogens is 2. The molecule has 0 aliphatic rings. The maximum absolute atomic E-state index is 12.0. The van der Waals surface area contributed by atoms with Gasteiger partial charge in [0, 0.05) is 0 Å². The van der Waals surface area contributed by atoms with Crippen LogP contribution in [0.15, 0.2) is 15.9 Å². The van der Waals surface area contributed by atoms with Crippen molar-refractivity contribution >= 4 is 39.0 Å². The lowest BCUT2D eigenvalue weighted by Crippen LogP contribution is -2.11. The molecule has 96 valence electrons. The fourth-order valence-electron chi connectivity index (χ4n) is 1.47. The zero-order valence-electron chi connectivity index (χ0n) is 9.91. The molecule has 0 saturated heterocycles. The molecule has 0 aromatic carbocycles. The van der Waals surface area contributed by atoms with Crippen LogP contribution in [0.1, 0.15) is 22.3 Å². The van der Waals surface area contributed by atoms with E-state index in [2.05, 4.69) is 31.4 Å². The maximum atomic E-state index is 12.0. The number of halogens is 1. The number of carbonyl (C=O) groups excluding carboxylic acids is 1. The molecule has 0 unspecified atom stereocenters. The van der Waals surface area contributed by atoms with Crippen LogP contribution in [-0.2, 0) is 6.42 Å². The molecular formula is C11H12BrN3O2S. The van der Waals surface area contributed by atoms with Crippen molar-refractivity contribution in [3.05, 3.63) is 26.5 Å².